The van der Waals surface area contributed by atoms with Crippen molar-refractivity contribution in [3.63, 3.8) is 0 Å². The number of nitrogens with zero attached hydrogens (tertiary/aromatic N) is 1. The van der Waals surface area contributed by atoms with E-state index in [1.54, 1.807) is 0 Å². The number of aromatic carboxylic acids is 1. The molecule has 1 aromatic heterocycles. The molecule has 100 valence electrons. The Morgan fingerprint density at radius 1 is 1.32 bits per heavy atom. The highest BCUT2D eigenvalue weighted by molar-refractivity contribution is 7.14. The average Bonchev–Trinajstić information content (AvgIpc) is 2.83. The van der Waals surface area contributed by atoms with Crippen LogP contribution in [0.4, 0.5) is 0 Å². The third-order valence-corrected chi connectivity index (χ3v) is 4.21. The fourth-order valence-corrected chi connectivity index (χ4v) is 2.75. The molecule has 1 aromatic carbocycles. The van der Waals surface area contributed by atoms with Crippen molar-refractivity contribution >= 4 is 17.3 Å². The fourth-order valence-electron chi connectivity index (χ4n) is 1.88. The number of hydrogen-bond donors (Lipinski definition) is 1. The molecule has 1 heterocycles. The maximum absolute atomic E-state index is 11.3. The fraction of sp³-hybridized carbons (Fsp3) is 0.333. The Bertz CT molecular complexity index is 585. The van der Waals surface area contributed by atoms with Crippen molar-refractivity contribution in [3.8, 4) is 11.3 Å². The molecule has 0 unspecified atom stereocenters. The Kier molecular flexibility index (Phi) is 4.00. The summed E-state index contributed by atoms with van der Waals surface area (Å²) >= 11 is 1.26. The Hall–Kier alpha value is -1.68. The van der Waals surface area contributed by atoms with E-state index in [1.807, 2.05) is 31.2 Å². The monoisotopic (exact) mass is 275 g/mol. The van der Waals surface area contributed by atoms with E-state index in [9.17, 15) is 9.90 Å². The summed E-state index contributed by atoms with van der Waals surface area (Å²) in [6.45, 7) is 6.25. The second-order valence-electron chi connectivity index (χ2n) is 4.72. The summed E-state index contributed by atoms with van der Waals surface area (Å²) in [5.41, 5.74) is 2.70. The Balaban J connectivity index is 2.45. The molecular formula is C15H17NO2S. The van der Waals surface area contributed by atoms with Gasteiger partial charge in [0.25, 0.3) is 0 Å². The molecule has 0 aliphatic rings. The van der Waals surface area contributed by atoms with Crippen LogP contribution in [0.2, 0.25) is 0 Å². The zero-order valence-electron chi connectivity index (χ0n) is 11.3. The molecule has 0 radical (unpaired) electrons. The molecule has 19 heavy (non-hydrogen) atoms. The highest BCUT2D eigenvalue weighted by atomic mass is 32.1. The Labute approximate surface area is 116 Å². The van der Waals surface area contributed by atoms with Crippen LogP contribution in [-0.4, -0.2) is 16.1 Å². The van der Waals surface area contributed by atoms with E-state index in [-0.39, 0.29) is 0 Å². The van der Waals surface area contributed by atoms with Crippen LogP contribution in [0, 0.1) is 0 Å². The summed E-state index contributed by atoms with van der Waals surface area (Å²) in [5, 5.41) is 10.1. The molecule has 0 fully saturated rings. The minimum atomic E-state index is -0.903. The van der Waals surface area contributed by atoms with E-state index >= 15 is 0 Å². The average molecular weight is 275 g/mol. The predicted molar refractivity (Wildman–Crippen MR) is 78.0 cm³/mol. The van der Waals surface area contributed by atoms with Crippen molar-refractivity contribution in [2.45, 2.75) is 33.1 Å². The lowest BCUT2D eigenvalue weighted by Gasteiger charge is -2.06. The smallest absolute Gasteiger partial charge is 0.348 e. The van der Waals surface area contributed by atoms with Gasteiger partial charge in [-0.1, -0.05) is 45.0 Å². The molecule has 0 aliphatic heterocycles. The third kappa shape index (κ3) is 2.84. The lowest BCUT2D eigenvalue weighted by Crippen LogP contribution is -1.95. The quantitative estimate of drug-likeness (QED) is 0.910. The number of carboxylic acid groups (broad SMARTS) is 1. The molecule has 0 saturated carbocycles. The van der Waals surface area contributed by atoms with Gasteiger partial charge in [0.2, 0.25) is 0 Å². The van der Waals surface area contributed by atoms with E-state index in [4.69, 9.17) is 0 Å². The molecule has 0 aliphatic carbocycles. The number of aromatic nitrogens is 1. The predicted octanol–water partition coefficient (Wildman–Crippen LogP) is 4.19. The highest BCUT2D eigenvalue weighted by Gasteiger charge is 2.18. The molecule has 0 amide bonds. The number of hydrogen-bond acceptors (Lipinski definition) is 3. The van der Waals surface area contributed by atoms with Crippen LogP contribution in [0.1, 0.15) is 46.9 Å². The van der Waals surface area contributed by atoms with Gasteiger partial charge in [-0.15, -0.1) is 11.3 Å². The summed E-state index contributed by atoms with van der Waals surface area (Å²) in [4.78, 5) is 16.0. The minimum Gasteiger partial charge on any atom is -0.477 e. The molecule has 0 saturated heterocycles. The van der Waals surface area contributed by atoms with Gasteiger partial charge in [0.1, 0.15) is 4.88 Å². The zero-order chi connectivity index (χ0) is 14.0. The first kappa shape index (κ1) is 13.7. The zero-order valence-corrected chi connectivity index (χ0v) is 12.1. The maximum atomic E-state index is 11.3. The van der Waals surface area contributed by atoms with E-state index in [0.717, 1.165) is 17.0 Å². The summed E-state index contributed by atoms with van der Waals surface area (Å²) in [6.07, 6.45) is 0.759. The number of carbonyl (C=O) groups is 1. The van der Waals surface area contributed by atoms with Crippen molar-refractivity contribution in [1.82, 2.24) is 4.98 Å². The van der Waals surface area contributed by atoms with Crippen LogP contribution in [0.15, 0.2) is 24.3 Å². The lowest BCUT2D eigenvalue weighted by molar-refractivity contribution is 0.0702. The third-order valence-electron chi connectivity index (χ3n) is 3.02. The van der Waals surface area contributed by atoms with Gasteiger partial charge in [-0.05, 0) is 17.9 Å². The first-order valence-electron chi connectivity index (χ1n) is 6.36. The van der Waals surface area contributed by atoms with E-state index in [2.05, 4.69) is 18.8 Å². The van der Waals surface area contributed by atoms with Crippen molar-refractivity contribution in [3.05, 3.63) is 39.7 Å². The van der Waals surface area contributed by atoms with Crippen molar-refractivity contribution in [2.24, 2.45) is 0 Å². The van der Waals surface area contributed by atoms with Crippen LogP contribution < -0.4 is 0 Å². The Morgan fingerprint density at radius 3 is 2.42 bits per heavy atom. The second kappa shape index (κ2) is 5.53. The molecule has 0 spiro atoms. The van der Waals surface area contributed by atoms with Gasteiger partial charge >= 0.3 is 5.97 Å². The van der Waals surface area contributed by atoms with Crippen LogP contribution in [0.3, 0.4) is 0 Å². The first-order chi connectivity index (χ1) is 9.02. The summed E-state index contributed by atoms with van der Waals surface area (Å²) in [7, 11) is 0. The summed E-state index contributed by atoms with van der Waals surface area (Å²) in [5.74, 6) is -0.435. The maximum Gasteiger partial charge on any atom is 0.348 e. The van der Waals surface area contributed by atoms with Crippen LogP contribution >= 0.6 is 11.3 Å². The Morgan fingerprint density at radius 2 is 1.95 bits per heavy atom. The van der Waals surface area contributed by atoms with Gasteiger partial charge in [-0.3, -0.25) is 0 Å². The number of aryl methyl sites for hydroxylation is 1. The van der Waals surface area contributed by atoms with Gasteiger partial charge in [0.15, 0.2) is 0 Å². The highest BCUT2D eigenvalue weighted by Crippen LogP contribution is 2.29. The molecule has 4 heteroatoms. The number of thiazole rings is 1. The SMILES string of the molecule is CCc1nc(-c2ccc(C(C)C)cc2)c(C(=O)O)s1. The molecule has 0 atom stereocenters. The van der Waals surface area contributed by atoms with E-state index < -0.39 is 5.97 Å². The second-order valence-corrected chi connectivity index (χ2v) is 5.80. The molecule has 3 nitrogen and oxygen atoms in total. The molecule has 0 bridgehead atoms. The van der Waals surface area contributed by atoms with Gasteiger partial charge in [-0.2, -0.15) is 0 Å². The minimum absolute atomic E-state index is 0.328. The molecule has 1 N–H and O–H groups in total. The van der Waals surface area contributed by atoms with Gasteiger partial charge in [0.05, 0.1) is 10.7 Å². The standard InChI is InChI=1S/C15H17NO2S/c1-4-12-16-13(14(19-12)15(17)18)11-7-5-10(6-8-11)9(2)3/h5-9H,4H2,1-3H3,(H,17,18). The van der Waals surface area contributed by atoms with Gasteiger partial charge in [-0.25, -0.2) is 9.78 Å². The molecular weight excluding hydrogens is 258 g/mol. The number of carboxylic acids is 1. The molecule has 2 rings (SSSR count). The van der Waals surface area contributed by atoms with Crippen molar-refractivity contribution < 1.29 is 9.90 Å². The summed E-state index contributed by atoms with van der Waals surface area (Å²) < 4.78 is 0. The van der Waals surface area contributed by atoms with E-state index in [1.165, 1.54) is 16.9 Å². The first-order valence-corrected chi connectivity index (χ1v) is 7.18. The number of rotatable bonds is 4. The van der Waals surface area contributed by atoms with Crippen LogP contribution in [0.5, 0.6) is 0 Å². The summed E-state index contributed by atoms with van der Waals surface area (Å²) in [6, 6.07) is 7.99. The van der Waals surface area contributed by atoms with Crippen LogP contribution in [-0.2, 0) is 6.42 Å². The van der Waals surface area contributed by atoms with E-state index in [0.29, 0.717) is 16.5 Å². The molecule has 2 aromatic rings. The number of benzene rings is 1. The van der Waals surface area contributed by atoms with Crippen LogP contribution in [0.25, 0.3) is 11.3 Å². The topological polar surface area (TPSA) is 50.2 Å². The lowest BCUT2D eigenvalue weighted by atomic mass is 10.0. The normalized spacial score (nSPS) is 10.9. The van der Waals surface area contributed by atoms with Crippen molar-refractivity contribution in [2.75, 3.05) is 0 Å². The largest absolute Gasteiger partial charge is 0.477 e. The van der Waals surface area contributed by atoms with Crippen molar-refractivity contribution in [1.29, 1.82) is 0 Å². The van der Waals surface area contributed by atoms with Gasteiger partial charge in [0, 0.05) is 5.56 Å². The van der Waals surface area contributed by atoms with Gasteiger partial charge < -0.3 is 5.11 Å².